The molecule has 21 heavy (non-hydrogen) atoms. The van der Waals surface area contributed by atoms with E-state index >= 15 is 0 Å². The van der Waals surface area contributed by atoms with Crippen molar-refractivity contribution in [2.75, 3.05) is 0 Å². The minimum absolute atomic E-state index is 0.0397. The lowest BCUT2D eigenvalue weighted by Gasteiger charge is -2.15. The van der Waals surface area contributed by atoms with Crippen LogP contribution in [0.1, 0.15) is 49.6 Å². The van der Waals surface area contributed by atoms with Crippen LogP contribution in [0.25, 0.3) is 0 Å². The topological polar surface area (TPSA) is 92.2 Å². The molecule has 0 fully saturated rings. The number of carboxylic acids is 1. The molecule has 0 aliphatic carbocycles. The molecule has 0 bridgehead atoms. The van der Waals surface area contributed by atoms with Gasteiger partial charge >= 0.3 is 5.97 Å². The van der Waals surface area contributed by atoms with Gasteiger partial charge in [0, 0.05) is 12.5 Å². The van der Waals surface area contributed by atoms with E-state index in [2.05, 4.69) is 15.3 Å². The zero-order valence-electron chi connectivity index (χ0n) is 12.9. The highest BCUT2D eigenvalue weighted by Crippen LogP contribution is 2.27. The summed E-state index contributed by atoms with van der Waals surface area (Å²) >= 11 is 1.15. The lowest BCUT2D eigenvalue weighted by molar-refractivity contribution is -0.120. The Hall–Kier alpha value is -1.63. The Labute approximate surface area is 128 Å². The number of thioether (sulfide) groups is 1. The Morgan fingerprint density at radius 3 is 2.38 bits per heavy atom. The quantitative estimate of drug-likeness (QED) is 0.617. The fraction of sp³-hybridized carbons (Fsp3) is 0.571. The number of aryl methyl sites for hydroxylation is 2. The second kappa shape index (κ2) is 7.40. The van der Waals surface area contributed by atoms with Crippen molar-refractivity contribution in [2.45, 2.75) is 57.4 Å². The fourth-order valence-corrected chi connectivity index (χ4v) is 2.74. The fourth-order valence-electron chi connectivity index (χ4n) is 1.71. The van der Waals surface area contributed by atoms with E-state index in [1.807, 2.05) is 20.8 Å². The van der Waals surface area contributed by atoms with Crippen molar-refractivity contribution in [3.63, 3.8) is 0 Å². The molecule has 1 unspecified atom stereocenters. The van der Waals surface area contributed by atoms with Crippen LogP contribution >= 0.6 is 11.8 Å². The standard InChI is InChI=1S/C14H21N3O3S/c1-6-10-16-8(4)11(14(19)20)13(17-10)21-9(5)12(18)15-7(2)3/h7,9H,6H2,1-5H3,(H,15,18)(H,19,20). The molecule has 0 saturated carbocycles. The number of carbonyl (C=O) groups excluding carboxylic acids is 1. The summed E-state index contributed by atoms with van der Waals surface area (Å²) in [6, 6.07) is 0.0397. The molecule has 0 aliphatic rings. The molecular weight excluding hydrogens is 290 g/mol. The number of hydrogen-bond donors (Lipinski definition) is 2. The normalized spacial score (nSPS) is 12.3. The Balaban J connectivity index is 3.08. The van der Waals surface area contributed by atoms with Crippen LogP contribution in [-0.4, -0.2) is 38.2 Å². The predicted octanol–water partition coefficient (Wildman–Crippen LogP) is 2.05. The molecule has 1 atom stereocenters. The highest BCUT2D eigenvalue weighted by atomic mass is 32.2. The molecule has 1 aromatic heterocycles. The number of rotatable bonds is 6. The third kappa shape index (κ3) is 4.70. The minimum Gasteiger partial charge on any atom is -0.478 e. The molecule has 116 valence electrons. The molecule has 1 rings (SSSR count). The van der Waals surface area contributed by atoms with E-state index in [1.54, 1.807) is 13.8 Å². The molecule has 0 aromatic carbocycles. The second-order valence-electron chi connectivity index (χ2n) is 4.99. The first-order chi connectivity index (χ1) is 9.76. The number of carboxylic acid groups (broad SMARTS) is 1. The van der Waals surface area contributed by atoms with E-state index in [-0.39, 0.29) is 17.5 Å². The molecule has 7 heteroatoms. The van der Waals surface area contributed by atoms with Crippen LogP contribution in [0.4, 0.5) is 0 Å². The number of amides is 1. The number of hydrogen-bond acceptors (Lipinski definition) is 5. The molecule has 1 amide bonds. The van der Waals surface area contributed by atoms with Gasteiger partial charge in [0.15, 0.2) is 0 Å². The van der Waals surface area contributed by atoms with E-state index in [0.717, 1.165) is 11.8 Å². The molecule has 0 spiro atoms. The Morgan fingerprint density at radius 2 is 1.90 bits per heavy atom. The number of aromatic carboxylic acids is 1. The summed E-state index contributed by atoms with van der Waals surface area (Å²) in [5, 5.41) is 12.0. The van der Waals surface area contributed by atoms with Crippen molar-refractivity contribution in [3.05, 3.63) is 17.1 Å². The molecule has 0 saturated heterocycles. The van der Waals surface area contributed by atoms with Gasteiger partial charge < -0.3 is 10.4 Å². The molecule has 0 radical (unpaired) electrons. The highest BCUT2D eigenvalue weighted by Gasteiger charge is 2.23. The van der Waals surface area contributed by atoms with Crippen molar-refractivity contribution in [1.29, 1.82) is 0 Å². The van der Waals surface area contributed by atoms with Crippen LogP contribution in [-0.2, 0) is 11.2 Å². The van der Waals surface area contributed by atoms with Gasteiger partial charge in [-0.05, 0) is 27.7 Å². The van der Waals surface area contributed by atoms with Gasteiger partial charge in [0.1, 0.15) is 16.4 Å². The SMILES string of the molecule is CCc1nc(C)c(C(=O)O)c(SC(C)C(=O)NC(C)C)n1. The van der Waals surface area contributed by atoms with Crippen LogP contribution < -0.4 is 5.32 Å². The monoisotopic (exact) mass is 311 g/mol. The summed E-state index contributed by atoms with van der Waals surface area (Å²) in [6.45, 7) is 9.03. The van der Waals surface area contributed by atoms with Gasteiger partial charge in [-0.3, -0.25) is 4.79 Å². The van der Waals surface area contributed by atoms with E-state index in [9.17, 15) is 14.7 Å². The minimum atomic E-state index is -1.07. The van der Waals surface area contributed by atoms with Gasteiger partial charge in [-0.25, -0.2) is 14.8 Å². The Morgan fingerprint density at radius 1 is 1.29 bits per heavy atom. The summed E-state index contributed by atoms with van der Waals surface area (Å²) in [7, 11) is 0. The summed E-state index contributed by atoms with van der Waals surface area (Å²) in [6.07, 6.45) is 0.612. The van der Waals surface area contributed by atoms with Crippen LogP contribution in [0.5, 0.6) is 0 Å². The first-order valence-electron chi connectivity index (χ1n) is 6.84. The Bertz CT molecular complexity index is 547. The van der Waals surface area contributed by atoms with Gasteiger partial charge in [-0.1, -0.05) is 18.7 Å². The predicted molar refractivity (Wildman–Crippen MR) is 81.7 cm³/mol. The smallest absolute Gasteiger partial charge is 0.340 e. The maximum Gasteiger partial charge on any atom is 0.340 e. The molecule has 6 nitrogen and oxygen atoms in total. The summed E-state index contributed by atoms with van der Waals surface area (Å²) in [5.74, 6) is -0.633. The summed E-state index contributed by atoms with van der Waals surface area (Å²) in [5.41, 5.74) is 0.495. The van der Waals surface area contributed by atoms with Gasteiger partial charge in [0.25, 0.3) is 0 Å². The largest absolute Gasteiger partial charge is 0.478 e. The lowest BCUT2D eigenvalue weighted by Crippen LogP contribution is -2.36. The number of nitrogens with one attached hydrogen (secondary N) is 1. The molecular formula is C14H21N3O3S. The van der Waals surface area contributed by atoms with Gasteiger partial charge in [0.2, 0.25) is 5.91 Å². The number of nitrogens with zero attached hydrogens (tertiary/aromatic N) is 2. The number of aromatic nitrogens is 2. The van der Waals surface area contributed by atoms with Crippen molar-refractivity contribution >= 4 is 23.6 Å². The van der Waals surface area contributed by atoms with Crippen molar-refractivity contribution in [3.8, 4) is 0 Å². The van der Waals surface area contributed by atoms with E-state index in [0.29, 0.717) is 23.0 Å². The van der Waals surface area contributed by atoms with Gasteiger partial charge in [-0.15, -0.1) is 0 Å². The van der Waals surface area contributed by atoms with Crippen LogP contribution in [0, 0.1) is 6.92 Å². The van der Waals surface area contributed by atoms with Crippen molar-refractivity contribution in [1.82, 2.24) is 15.3 Å². The maximum absolute atomic E-state index is 12.0. The maximum atomic E-state index is 12.0. The van der Waals surface area contributed by atoms with E-state index in [1.165, 1.54) is 0 Å². The molecule has 1 heterocycles. The summed E-state index contributed by atoms with van der Waals surface area (Å²) in [4.78, 5) is 31.8. The number of carbonyl (C=O) groups is 2. The van der Waals surface area contributed by atoms with Gasteiger partial charge in [0.05, 0.1) is 10.9 Å². The first kappa shape index (κ1) is 17.4. The van der Waals surface area contributed by atoms with Crippen LogP contribution in [0.2, 0.25) is 0 Å². The lowest BCUT2D eigenvalue weighted by atomic mass is 10.2. The van der Waals surface area contributed by atoms with Crippen molar-refractivity contribution in [2.24, 2.45) is 0 Å². The second-order valence-corrected chi connectivity index (χ2v) is 6.32. The van der Waals surface area contributed by atoms with Crippen molar-refractivity contribution < 1.29 is 14.7 Å². The zero-order valence-corrected chi connectivity index (χ0v) is 13.7. The first-order valence-corrected chi connectivity index (χ1v) is 7.72. The molecule has 0 aliphatic heterocycles. The van der Waals surface area contributed by atoms with Crippen LogP contribution in [0.3, 0.4) is 0 Å². The van der Waals surface area contributed by atoms with Gasteiger partial charge in [-0.2, -0.15) is 0 Å². The highest BCUT2D eigenvalue weighted by molar-refractivity contribution is 8.00. The third-order valence-electron chi connectivity index (χ3n) is 2.72. The summed E-state index contributed by atoms with van der Waals surface area (Å²) < 4.78 is 0. The van der Waals surface area contributed by atoms with E-state index < -0.39 is 11.2 Å². The van der Waals surface area contributed by atoms with E-state index in [4.69, 9.17) is 0 Å². The average molecular weight is 311 g/mol. The molecule has 2 N–H and O–H groups in total. The Kier molecular flexibility index (Phi) is 6.14. The average Bonchev–Trinajstić information content (AvgIpc) is 2.36. The zero-order chi connectivity index (χ0) is 16.2. The third-order valence-corrected chi connectivity index (χ3v) is 3.81. The van der Waals surface area contributed by atoms with Crippen LogP contribution in [0.15, 0.2) is 5.03 Å². The molecule has 1 aromatic rings.